The van der Waals surface area contributed by atoms with E-state index in [1.54, 1.807) is 0 Å². The van der Waals surface area contributed by atoms with Crippen molar-refractivity contribution in [2.45, 2.75) is 0 Å². The maximum atomic E-state index is 5.11. The van der Waals surface area contributed by atoms with Gasteiger partial charge in [-0.2, -0.15) is 0 Å². The van der Waals surface area contributed by atoms with E-state index in [9.17, 15) is 0 Å². The summed E-state index contributed by atoms with van der Waals surface area (Å²) in [5, 5.41) is 12.5. The predicted molar refractivity (Wildman–Crippen MR) is 273 cm³/mol. The van der Waals surface area contributed by atoms with E-state index in [1.165, 1.54) is 85.5 Å². The first-order chi connectivity index (χ1) is 32.2. The van der Waals surface area contributed by atoms with Gasteiger partial charge in [0, 0.05) is 75.2 Å². The van der Waals surface area contributed by atoms with E-state index in [1.807, 2.05) is 47.7 Å². The number of rotatable bonds is 5. The standard InChI is InChI=1S/C59H35N5S/c1-3-17-37(18-4-1)57-60-58(38-19-5-2-6-20-38)62-59(61-57)40-22-15-23-41(33-40)64-50-29-14-12-27-46(50)54-55(64)45-26-10-9-25-44(45)53-48-34-47-43-24-11-13-28-49(43)63(51(47)35-52(48)65-56(53)54)42-31-30-36-16-7-8-21-39(36)32-42/h1-35H. The molecule has 0 aliphatic carbocycles. The molecule has 0 bridgehead atoms. The molecule has 6 heteroatoms. The lowest BCUT2D eigenvalue weighted by molar-refractivity contribution is 1.07. The van der Waals surface area contributed by atoms with Crippen molar-refractivity contribution < 1.29 is 0 Å². The Morgan fingerprint density at radius 3 is 1.63 bits per heavy atom. The summed E-state index contributed by atoms with van der Waals surface area (Å²) in [5.74, 6) is 1.92. The quantitative estimate of drug-likeness (QED) is 0.173. The lowest BCUT2D eigenvalue weighted by atomic mass is 9.99. The Morgan fingerprint density at radius 2 is 0.892 bits per heavy atom. The minimum Gasteiger partial charge on any atom is -0.309 e. The Balaban J connectivity index is 1.03. The van der Waals surface area contributed by atoms with Crippen molar-refractivity contribution in [3.05, 3.63) is 212 Å². The first-order valence-corrected chi connectivity index (χ1v) is 22.8. The maximum absolute atomic E-state index is 5.11. The van der Waals surface area contributed by atoms with Gasteiger partial charge in [-0.05, 0) is 64.7 Å². The lowest BCUT2D eigenvalue weighted by Crippen LogP contribution is -2.01. The monoisotopic (exact) mass is 845 g/mol. The molecule has 14 rings (SSSR count). The highest BCUT2D eigenvalue weighted by Crippen LogP contribution is 2.49. The van der Waals surface area contributed by atoms with Gasteiger partial charge in [0.1, 0.15) is 0 Å². The SMILES string of the molecule is c1ccc(-c2nc(-c3ccccc3)nc(-c3cccc(-n4c5ccccc5c5c6sc7cc8c(cc7c6c6ccccc6c54)c4ccccc4n8-c4ccc5ccccc5c4)c3)n2)cc1. The van der Waals surface area contributed by atoms with Gasteiger partial charge < -0.3 is 9.13 Å². The maximum Gasteiger partial charge on any atom is 0.164 e. The van der Waals surface area contributed by atoms with Crippen molar-refractivity contribution in [1.82, 2.24) is 24.1 Å². The van der Waals surface area contributed by atoms with Gasteiger partial charge in [0.2, 0.25) is 0 Å². The molecule has 0 aliphatic rings. The number of benzene rings is 10. The van der Waals surface area contributed by atoms with Crippen molar-refractivity contribution >= 4 is 96.7 Å². The molecule has 0 radical (unpaired) electrons. The zero-order valence-electron chi connectivity index (χ0n) is 34.9. The third kappa shape index (κ3) is 5.48. The molecule has 0 atom stereocenters. The van der Waals surface area contributed by atoms with Gasteiger partial charge in [0.25, 0.3) is 0 Å². The molecule has 0 saturated carbocycles. The predicted octanol–water partition coefficient (Wildman–Crippen LogP) is 15.7. The van der Waals surface area contributed by atoms with Crippen LogP contribution >= 0.6 is 11.3 Å². The Kier molecular flexibility index (Phi) is 7.79. The zero-order chi connectivity index (χ0) is 42.6. The van der Waals surface area contributed by atoms with Crippen molar-refractivity contribution in [3.63, 3.8) is 0 Å². The smallest absolute Gasteiger partial charge is 0.164 e. The summed E-state index contributed by atoms with van der Waals surface area (Å²) < 4.78 is 7.47. The average Bonchev–Trinajstić information content (AvgIpc) is 4.04. The summed E-state index contributed by atoms with van der Waals surface area (Å²) in [6, 6.07) is 76.0. The second-order valence-electron chi connectivity index (χ2n) is 16.8. The Morgan fingerprint density at radius 1 is 0.323 bits per heavy atom. The van der Waals surface area contributed by atoms with Crippen LogP contribution in [-0.4, -0.2) is 24.1 Å². The van der Waals surface area contributed by atoms with Gasteiger partial charge in [-0.25, -0.2) is 15.0 Å². The van der Waals surface area contributed by atoms with Crippen LogP contribution < -0.4 is 0 Å². The molecule has 0 fully saturated rings. The number of hydrogen-bond acceptors (Lipinski definition) is 4. The second kappa shape index (κ2) is 14.0. The minimum atomic E-state index is 0.629. The van der Waals surface area contributed by atoms with Crippen molar-refractivity contribution in [3.8, 4) is 45.5 Å². The van der Waals surface area contributed by atoms with E-state index in [4.69, 9.17) is 15.0 Å². The molecule has 4 heterocycles. The highest BCUT2D eigenvalue weighted by molar-refractivity contribution is 7.27. The molecular formula is C59H35N5S. The number of nitrogens with zero attached hydrogens (tertiary/aromatic N) is 5. The van der Waals surface area contributed by atoms with Crippen molar-refractivity contribution in [1.29, 1.82) is 0 Å². The molecule has 65 heavy (non-hydrogen) atoms. The van der Waals surface area contributed by atoms with Crippen LogP contribution in [0, 0.1) is 0 Å². The van der Waals surface area contributed by atoms with Crippen LogP contribution in [0.25, 0.3) is 131 Å². The van der Waals surface area contributed by atoms with Crippen LogP contribution in [0.4, 0.5) is 0 Å². The minimum absolute atomic E-state index is 0.629. The Labute approximate surface area is 376 Å². The Hall–Kier alpha value is -8.45. The Bertz CT molecular complexity index is 4180. The fourth-order valence-corrected chi connectivity index (χ4v) is 11.5. The van der Waals surface area contributed by atoms with Gasteiger partial charge in [-0.15, -0.1) is 11.3 Å². The van der Waals surface area contributed by atoms with Gasteiger partial charge in [0.05, 0.1) is 22.1 Å². The largest absolute Gasteiger partial charge is 0.309 e. The van der Waals surface area contributed by atoms with E-state index in [-0.39, 0.29) is 0 Å². The molecule has 0 saturated heterocycles. The molecule has 0 unspecified atom stereocenters. The summed E-state index contributed by atoms with van der Waals surface area (Å²) in [5.41, 5.74) is 9.79. The molecule has 4 aromatic heterocycles. The average molecular weight is 846 g/mol. The number of fused-ring (bicyclic) bond motifs is 14. The molecule has 5 nitrogen and oxygen atoms in total. The fourth-order valence-electron chi connectivity index (χ4n) is 10.2. The number of thiophene rings is 1. The van der Waals surface area contributed by atoms with Crippen LogP contribution in [0.5, 0.6) is 0 Å². The summed E-state index contributed by atoms with van der Waals surface area (Å²) >= 11 is 1.91. The van der Waals surface area contributed by atoms with Gasteiger partial charge in [0.15, 0.2) is 17.5 Å². The van der Waals surface area contributed by atoms with E-state index in [0.29, 0.717) is 17.5 Å². The summed E-state index contributed by atoms with van der Waals surface area (Å²) in [4.78, 5) is 15.2. The molecular weight excluding hydrogens is 811 g/mol. The highest BCUT2D eigenvalue weighted by Gasteiger charge is 2.24. The van der Waals surface area contributed by atoms with Crippen LogP contribution in [0.3, 0.4) is 0 Å². The first-order valence-electron chi connectivity index (χ1n) is 21.9. The number of aromatic nitrogens is 5. The fraction of sp³-hybridized carbons (Fsp3) is 0. The third-order valence-electron chi connectivity index (χ3n) is 13.1. The van der Waals surface area contributed by atoms with Crippen LogP contribution in [-0.2, 0) is 0 Å². The van der Waals surface area contributed by atoms with E-state index >= 15 is 0 Å². The van der Waals surface area contributed by atoms with Gasteiger partial charge in [-0.1, -0.05) is 164 Å². The summed E-state index contributed by atoms with van der Waals surface area (Å²) in [7, 11) is 0. The highest BCUT2D eigenvalue weighted by atomic mass is 32.1. The zero-order valence-corrected chi connectivity index (χ0v) is 35.7. The molecule has 0 aliphatic heterocycles. The first kappa shape index (κ1) is 36.1. The van der Waals surface area contributed by atoms with Crippen LogP contribution in [0.2, 0.25) is 0 Å². The number of para-hydroxylation sites is 2. The second-order valence-corrected chi connectivity index (χ2v) is 17.8. The van der Waals surface area contributed by atoms with Crippen LogP contribution in [0.15, 0.2) is 212 Å². The topological polar surface area (TPSA) is 48.5 Å². The summed E-state index contributed by atoms with van der Waals surface area (Å²) in [6.07, 6.45) is 0. The van der Waals surface area contributed by atoms with E-state index < -0.39 is 0 Å². The molecule has 302 valence electrons. The third-order valence-corrected chi connectivity index (χ3v) is 14.3. The molecule has 0 spiro atoms. The van der Waals surface area contributed by atoms with Gasteiger partial charge in [-0.3, -0.25) is 0 Å². The van der Waals surface area contributed by atoms with Gasteiger partial charge >= 0.3 is 0 Å². The van der Waals surface area contributed by atoms with Crippen LogP contribution in [0.1, 0.15) is 0 Å². The van der Waals surface area contributed by atoms with Crippen molar-refractivity contribution in [2.75, 3.05) is 0 Å². The molecule has 10 aromatic carbocycles. The molecule has 0 amide bonds. The summed E-state index contributed by atoms with van der Waals surface area (Å²) in [6.45, 7) is 0. The van der Waals surface area contributed by atoms with Crippen molar-refractivity contribution in [2.24, 2.45) is 0 Å². The lowest BCUT2D eigenvalue weighted by Gasteiger charge is -2.13. The van der Waals surface area contributed by atoms with E-state index in [0.717, 1.165) is 27.9 Å². The molecule has 0 N–H and O–H groups in total. The normalized spacial score (nSPS) is 12.0. The van der Waals surface area contributed by atoms with E-state index in [2.05, 4.69) is 185 Å². The molecule has 14 aromatic rings. The number of hydrogen-bond donors (Lipinski definition) is 0.